The van der Waals surface area contributed by atoms with Gasteiger partial charge < -0.3 is 5.32 Å². The number of rotatable bonds is 3. The second kappa shape index (κ2) is 7.40. The lowest BCUT2D eigenvalue weighted by atomic mass is 9.78. The average Bonchev–Trinajstić information content (AvgIpc) is 2.56. The number of benzene rings is 1. The monoisotopic (exact) mass is 344 g/mol. The van der Waals surface area contributed by atoms with Gasteiger partial charge in [-0.3, -0.25) is 4.90 Å². The fraction of sp³-hybridized carbons (Fsp3) is 0.667. The van der Waals surface area contributed by atoms with Crippen molar-refractivity contribution in [1.29, 1.82) is 0 Å². The molecule has 1 N–H and O–H groups in total. The highest BCUT2D eigenvalue weighted by Gasteiger charge is 2.41. The molecule has 2 nitrogen and oxygen atoms in total. The summed E-state index contributed by atoms with van der Waals surface area (Å²) in [5.41, 5.74) is -0.949. The third kappa shape index (κ3) is 3.75. The predicted octanol–water partition coefficient (Wildman–Crippen LogP) is 4.37. The zero-order valence-corrected chi connectivity index (χ0v) is 13.7. The molecular weight excluding hydrogens is 320 g/mol. The van der Waals surface area contributed by atoms with Crippen molar-refractivity contribution in [2.24, 2.45) is 5.92 Å². The first-order valence-corrected chi connectivity index (χ1v) is 8.79. The summed E-state index contributed by atoms with van der Waals surface area (Å²) in [7, 11) is 0. The minimum atomic E-state index is -4.67. The van der Waals surface area contributed by atoms with Gasteiger partial charge in [-0.1, -0.05) is 31.4 Å². The van der Waals surface area contributed by atoms with Crippen molar-refractivity contribution in [2.45, 2.75) is 44.3 Å². The molecule has 1 aliphatic heterocycles. The van der Waals surface area contributed by atoms with E-state index in [1.54, 1.807) is 0 Å². The molecule has 1 aliphatic carbocycles. The summed E-state index contributed by atoms with van der Waals surface area (Å²) in [6.45, 7) is 2.93. The predicted molar refractivity (Wildman–Crippen MR) is 85.2 cm³/mol. The van der Waals surface area contributed by atoms with Gasteiger partial charge in [-0.15, -0.1) is 0 Å². The highest BCUT2D eigenvalue weighted by molar-refractivity contribution is 5.34. The molecule has 0 spiro atoms. The third-order valence-electron chi connectivity index (χ3n) is 5.29. The first-order chi connectivity index (χ1) is 11.5. The largest absolute Gasteiger partial charge is 0.419 e. The van der Waals surface area contributed by atoms with Crippen molar-refractivity contribution >= 4 is 0 Å². The van der Waals surface area contributed by atoms with Crippen LogP contribution in [0.15, 0.2) is 18.2 Å². The maximum Gasteiger partial charge on any atom is 0.419 e. The molecule has 1 saturated heterocycles. The molecule has 1 saturated carbocycles. The number of alkyl halides is 3. The molecule has 3 rings (SSSR count). The molecule has 0 amide bonds. The Bertz CT molecular complexity index is 528. The second-order valence-corrected chi connectivity index (χ2v) is 6.83. The van der Waals surface area contributed by atoms with Crippen LogP contribution in [0.5, 0.6) is 0 Å². The molecular formula is C18H24F4N2. The summed E-state index contributed by atoms with van der Waals surface area (Å²) in [5, 5.41) is 3.24. The average molecular weight is 344 g/mol. The molecule has 0 unspecified atom stereocenters. The number of nitrogens with one attached hydrogen (secondary N) is 1. The number of nitrogens with zero attached hydrogens (tertiary/aromatic N) is 1. The summed E-state index contributed by atoms with van der Waals surface area (Å²) in [6, 6.07) is 3.47. The molecule has 2 fully saturated rings. The van der Waals surface area contributed by atoms with Gasteiger partial charge in [-0.25, -0.2) is 4.39 Å². The SMILES string of the molecule is Fc1cccc([C@@H](C2CCCCC2)N2CCNCC2)c1C(F)(F)F. The number of halogens is 4. The quantitative estimate of drug-likeness (QED) is 0.819. The lowest BCUT2D eigenvalue weighted by Gasteiger charge is -2.42. The zero-order valence-electron chi connectivity index (χ0n) is 13.7. The summed E-state index contributed by atoms with van der Waals surface area (Å²) in [6.07, 6.45) is 0.403. The molecule has 0 bridgehead atoms. The van der Waals surface area contributed by atoms with E-state index in [-0.39, 0.29) is 17.5 Å². The van der Waals surface area contributed by atoms with Crippen molar-refractivity contribution < 1.29 is 17.6 Å². The van der Waals surface area contributed by atoms with E-state index in [1.807, 2.05) is 0 Å². The van der Waals surface area contributed by atoms with Crippen LogP contribution in [0, 0.1) is 11.7 Å². The van der Waals surface area contributed by atoms with E-state index in [0.29, 0.717) is 13.1 Å². The van der Waals surface area contributed by atoms with Crippen LogP contribution < -0.4 is 5.32 Å². The Hall–Kier alpha value is -1.14. The molecule has 0 aromatic heterocycles. The highest BCUT2D eigenvalue weighted by atomic mass is 19.4. The molecule has 1 aromatic carbocycles. The Morgan fingerprint density at radius 2 is 1.71 bits per heavy atom. The molecule has 2 aliphatic rings. The van der Waals surface area contributed by atoms with Gasteiger partial charge in [0.15, 0.2) is 0 Å². The Labute approximate surface area is 140 Å². The van der Waals surface area contributed by atoms with Gasteiger partial charge >= 0.3 is 6.18 Å². The summed E-state index contributed by atoms with van der Waals surface area (Å²) in [5.74, 6) is -0.990. The Balaban J connectivity index is 2.03. The Morgan fingerprint density at radius 1 is 1.04 bits per heavy atom. The van der Waals surface area contributed by atoms with E-state index in [1.165, 1.54) is 12.1 Å². The lowest BCUT2D eigenvalue weighted by molar-refractivity contribution is -0.141. The Kier molecular flexibility index (Phi) is 5.45. The fourth-order valence-electron chi connectivity index (χ4n) is 4.25. The number of piperazine rings is 1. The maximum atomic E-state index is 14.1. The van der Waals surface area contributed by atoms with Crippen molar-refractivity contribution in [2.75, 3.05) is 26.2 Å². The van der Waals surface area contributed by atoms with Crippen molar-refractivity contribution in [3.63, 3.8) is 0 Å². The summed E-state index contributed by atoms with van der Waals surface area (Å²) >= 11 is 0. The minimum absolute atomic E-state index is 0.122. The normalized spacial score (nSPS) is 22.5. The van der Waals surface area contributed by atoms with E-state index >= 15 is 0 Å². The van der Waals surface area contributed by atoms with Crippen LogP contribution in [0.4, 0.5) is 17.6 Å². The molecule has 1 aromatic rings. The van der Waals surface area contributed by atoms with Gasteiger partial charge in [-0.05, 0) is 30.4 Å². The van der Waals surface area contributed by atoms with E-state index in [4.69, 9.17) is 0 Å². The van der Waals surface area contributed by atoms with Crippen LogP contribution in [0.1, 0.15) is 49.3 Å². The standard InChI is InChI=1S/C18H24F4N2/c19-15-8-4-7-14(16(15)18(20,21)22)17(13-5-2-1-3-6-13)24-11-9-23-10-12-24/h4,7-8,13,17,23H,1-3,5-6,9-12H2/t17-/m1/s1. The molecule has 0 radical (unpaired) electrons. The van der Waals surface area contributed by atoms with Gasteiger partial charge in [0.2, 0.25) is 0 Å². The van der Waals surface area contributed by atoms with Crippen molar-refractivity contribution in [1.82, 2.24) is 10.2 Å². The zero-order chi connectivity index (χ0) is 17.2. The second-order valence-electron chi connectivity index (χ2n) is 6.83. The highest BCUT2D eigenvalue weighted by Crippen LogP contribution is 2.44. The van der Waals surface area contributed by atoms with E-state index in [9.17, 15) is 17.6 Å². The first kappa shape index (κ1) is 17.7. The number of hydrogen-bond acceptors (Lipinski definition) is 2. The molecule has 1 atom stereocenters. The first-order valence-electron chi connectivity index (χ1n) is 8.79. The van der Waals surface area contributed by atoms with Gasteiger partial charge in [0.25, 0.3) is 0 Å². The van der Waals surface area contributed by atoms with E-state index in [0.717, 1.165) is 51.3 Å². The van der Waals surface area contributed by atoms with Crippen LogP contribution in [-0.4, -0.2) is 31.1 Å². The Morgan fingerprint density at radius 3 is 2.33 bits per heavy atom. The van der Waals surface area contributed by atoms with Crippen molar-refractivity contribution in [3.05, 3.63) is 35.1 Å². The van der Waals surface area contributed by atoms with Crippen LogP contribution in [0.2, 0.25) is 0 Å². The minimum Gasteiger partial charge on any atom is -0.314 e. The van der Waals surface area contributed by atoms with Crippen LogP contribution in [0.3, 0.4) is 0 Å². The van der Waals surface area contributed by atoms with Gasteiger partial charge in [-0.2, -0.15) is 13.2 Å². The smallest absolute Gasteiger partial charge is 0.314 e. The van der Waals surface area contributed by atoms with Crippen LogP contribution >= 0.6 is 0 Å². The molecule has 134 valence electrons. The van der Waals surface area contributed by atoms with E-state index < -0.39 is 17.6 Å². The van der Waals surface area contributed by atoms with Gasteiger partial charge in [0.1, 0.15) is 5.82 Å². The maximum absolute atomic E-state index is 14.1. The number of hydrogen-bond donors (Lipinski definition) is 1. The van der Waals surface area contributed by atoms with Crippen LogP contribution in [0.25, 0.3) is 0 Å². The van der Waals surface area contributed by atoms with Gasteiger partial charge in [0.05, 0.1) is 5.56 Å². The summed E-state index contributed by atoms with van der Waals surface area (Å²) in [4.78, 5) is 2.12. The fourth-order valence-corrected chi connectivity index (χ4v) is 4.25. The van der Waals surface area contributed by atoms with Crippen LogP contribution in [-0.2, 0) is 6.18 Å². The molecule has 1 heterocycles. The molecule has 6 heteroatoms. The third-order valence-corrected chi connectivity index (χ3v) is 5.29. The lowest BCUT2D eigenvalue weighted by Crippen LogP contribution is -2.47. The topological polar surface area (TPSA) is 15.3 Å². The van der Waals surface area contributed by atoms with Gasteiger partial charge in [0, 0.05) is 32.2 Å². The molecule has 24 heavy (non-hydrogen) atoms. The summed E-state index contributed by atoms with van der Waals surface area (Å²) < 4.78 is 54.7. The van der Waals surface area contributed by atoms with E-state index in [2.05, 4.69) is 10.2 Å². The van der Waals surface area contributed by atoms with Crippen molar-refractivity contribution in [3.8, 4) is 0 Å².